The number of aliphatic hydroxyl groups excluding tert-OH is 1. The van der Waals surface area contributed by atoms with Gasteiger partial charge in [-0.1, -0.05) is 24.3 Å². The summed E-state index contributed by atoms with van der Waals surface area (Å²) in [7, 11) is 0. The van der Waals surface area contributed by atoms with Crippen LogP contribution in [0.25, 0.3) is 11.3 Å². The molecule has 2 heterocycles. The molecule has 0 amide bonds. The van der Waals surface area contributed by atoms with Gasteiger partial charge in [0.1, 0.15) is 0 Å². The smallest absolute Gasteiger partial charge is 0.0933 e. The summed E-state index contributed by atoms with van der Waals surface area (Å²) in [6, 6.07) is 8.80. The number of likely N-dealkylation sites (tertiary alicyclic amines) is 1. The van der Waals surface area contributed by atoms with Crippen LogP contribution < -0.4 is 0 Å². The summed E-state index contributed by atoms with van der Waals surface area (Å²) in [6.07, 6.45) is 5.89. The van der Waals surface area contributed by atoms with Gasteiger partial charge in [-0.2, -0.15) is 0 Å². The normalized spacial score (nSPS) is 19.0. The largest absolute Gasteiger partial charge is 0.392 e. The SMILES string of the molecule is CC(C)N1CCC[C@H]1c1nccnc1-c1ccc(CO)cc1. The predicted molar refractivity (Wildman–Crippen MR) is 87.2 cm³/mol. The van der Waals surface area contributed by atoms with Crippen molar-refractivity contribution in [2.45, 2.75) is 45.4 Å². The maximum Gasteiger partial charge on any atom is 0.0933 e. The number of aromatic nitrogens is 2. The first-order valence-corrected chi connectivity index (χ1v) is 7.97. The van der Waals surface area contributed by atoms with Gasteiger partial charge in [-0.3, -0.25) is 14.9 Å². The summed E-state index contributed by atoms with van der Waals surface area (Å²) in [4.78, 5) is 11.8. The average molecular weight is 297 g/mol. The summed E-state index contributed by atoms with van der Waals surface area (Å²) in [6.45, 7) is 5.67. The first kappa shape index (κ1) is 15.1. The highest BCUT2D eigenvalue weighted by molar-refractivity contribution is 5.62. The quantitative estimate of drug-likeness (QED) is 0.941. The lowest BCUT2D eigenvalue weighted by molar-refractivity contribution is 0.202. The summed E-state index contributed by atoms with van der Waals surface area (Å²) in [5.74, 6) is 0. The zero-order valence-corrected chi connectivity index (χ0v) is 13.2. The maximum absolute atomic E-state index is 9.19. The van der Waals surface area contributed by atoms with E-state index in [2.05, 4.69) is 28.7 Å². The Balaban J connectivity index is 1.99. The van der Waals surface area contributed by atoms with Gasteiger partial charge in [0.25, 0.3) is 0 Å². The van der Waals surface area contributed by atoms with E-state index in [0.717, 1.165) is 35.5 Å². The fraction of sp³-hybridized carbons (Fsp3) is 0.444. The van der Waals surface area contributed by atoms with E-state index in [4.69, 9.17) is 0 Å². The molecule has 116 valence electrons. The topological polar surface area (TPSA) is 49.2 Å². The van der Waals surface area contributed by atoms with Crippen molar-refractivity contribution in [2.75, 3.05) is 6.54 Å². The fourth-order valence-electron chi connectivity index (χ4n) is 3.28. The van der Waals surface area contributed by atoms with Gasteiger partial charge in [-0.25, -0.2) is 0 Å². The Morgan fingerprint density at radius 3 is 2.59 bits per heavy atom. The van der Waals surface area contributed by atoms with Crippen LogP contribution in [-0.4, -0.2) is 32.6 Å². The van der Waals surface area contributed by atoms with E-state index >= 15 is 0 Å². The summed E-state index contributed by atoms with van der Waals surface area (Å²) < 4.78 is 0. The minimum absolute atomic E-state index is 0.0668. The molecule has 1 aromatic heterocycles. The lowest BCUT2D eigenvalue weighted by atomic mass is 10.0. The van der Waals surface area contributed by atoms with Crippen LogP contribution in [0.4, 0.5) is 0 Å². The van der Waals surface area contributed by atoms with Crippen molar-refractivity contribution in [1.29, 1.82) is 0 Å². The van der Waals surface area contributed by atoms with E-state index in [1.807, 2.05) is 24.3 Å². The second-order valence-corrected chi connectivity index (χ2v) is 6.13. The van der Waals surface area contributed by atoms with Gasteiger partial charge in [0.15, 0.2) is 0 Å². The van der Waals surface area contributed by atoms with E-state index in [9.17, 15) is 5.11 Å². The number of nitrogens with zero attached hydrogens (tertiary/aromatic N) is 3. The maximum atomic E-state index is 9.19. The van der Waals surface area contributed by atoms with Gasteiger partial charge in [0, 0.05) is 24.0 Å². The molecule has 1 saturated heterocycles. The molecule has 1 aliphatic rings. The van der Waals surface area contributed by atoms with Crippen LogP contribution in [0.5, 0.6) is 0 Å². The second kappa shape index (κ2) is 6.55. The lowest BCUT2D eigenvalue weighted by Gasteiger charge is -2.28. The molecule has 4 nitrogen and oxygen atoms in total. The van der Waals surface area contributed by atoms with Gasteiger partial charge in [0.2, 0.25) is 0 Å². The average Bonchev–Trinajstić information content (AvgIpc) is 3.05. The third kappa shape index (κ3) is 2.89. The van der Waals surface area contributed by atoms with Crippen LogP contribution in [0, 0.1) is 0 Å². The molecule has 1 aromatic carbocycles. The first-order chi connectivity index (χ1) is 10.7. The molecule has 1 N–H and O–H groups in total. The molecule has 1 atom stereocenters. The molecule has 1 aliphatic heterocycles. The highest BCUT2D eigenvalue weighted by Crippen LogP contribution is 2.36. The molecular weight excluding hydrogens is 274 g/mol. The van der Waals surface area contributed by atoms with Crippen molar-refractivity contribution in [3.05, 3.63) is 47.9 Å². The van der Waals surface area contributed by atoms with E-state index in [1.165, 1.54) is 6.42 Å². The molecule has 0 spiro atoms. The standard InChI is InChI=1S/C18H23N3O/c1-13(2)21-11-3-4-16(21)18-17(19-9-10-20-18)15-7-5-14(12-22)6-8-15/h5-10,13,16,22H,3-4,11-12H2,1-2H3/t16-/m0/s1. The molecular formula is C18H23N3O. The zero-order valence-electron chi connectivity index (χ0n) is 13.2. The van der Waals surface area contributed by atoms with Crippen molar-refractivity contribution in [1.82, 2.24) is 14.9 Å². The zero-order chi connectivity index (χ0) is 15.5. The van der Waals surface area contributed by atoms with E-state index < -0.39 is 0 Å². The number of aliphatic hydroxyl groups is 1. The summed E-state index contributed by atoms with van der Waals surface area (Å²) >= 11 is 0. The number of benzene rings is 1. The van der Waals surface area contributed by atoms with Gasteiger partial charge >= 0.3 is 0 Å². The molecule has 0 saturated carbocycles. The molecule has 0 bridgehead atoms. The molecule has 2 aromatic rings. The Labute approximate surface area is 131 Å². The van der Waals surface area contributed by atoms with Crippen molar-refractivity contribution in [3.8, 4) is 11.3 Å². The van der Waals surface area contributed by atoms with Crippen LogP contribution in [-0.2, 0) is 6.61 Å². The van der Waals surface area contributed by atoms with Crippen molar-refractivity contribution < 1.29 is 5.11 Å². The molecule has 3 rings (SSSR count). The Morgan fingerprint density at radius 1 is 1.18 bits per heavy atom. The molecule has 0 unspecified atom stereocenters. The van der Waals surface area contributed by atoms with Crippen molar-refractivity contribution in [2.24, 2.45) is 0 Å². The molecule has 22 heavy (non-hydrogen) atoms. The molecule has 1 fully saturated rings. The van der Waals surface area contributed by atoms with E-state index in [0.29, 0.717) is 12.1 Å². The highest BCUT2D eigenvalue weighted by Gasteiger charge is 2.31. The van der Waals surface area contributed by atoms with E-state index in [1.54, 1.807) is 12.4 Å². The highest BCUT2D eigenvalue weighted by atomic mass is 16.3. The van der Waals surface area contributed by atoms with Crippen LogP contribution in [0.15, 0.2) is 36.7 Å². The minimum atomic E-state index is 0.0668. The minimum Gasteiger partial charge on any atom is -0.392 e. The van der Waals surface area contributed by atoms with E-state index in [-0.39, 0.29) is 6.61 Å². The van der Waals surface area contributed by atoms with Crippen LogP contribution in [0.1, 0.15) is 44.0 Å². The van der Waals surface area contributed by atoms with Gasteiger partial charge < -0.3 is 5.11 Å². The number of hydrogen-bond acceptors (Lipinski definition) is 4. The molecule has 4 heteroatoms. The third-order valence-electron chi connectivity index (χ3n) is 4.41. The summed E-state index contributed by atoms with van der Waals surface area (Å²) in [5.41, 5.74) is 4.02. The molecule has 0 radical (unpaired) electrons. The van der Waals surface area contributed by atoms with Gasteiger partial charge in [0.05, 0.1) is 24.0 Å². The second-order valence-electron chi connectivity index (χ2n) is 6.13. The van der Waals surface area contributed by atoms with Gasteiger partial charge in [-0.05, 0) is 38.8 Å². The van der Waals surface area contributed by atoms with Crippen molar-refractivity contribution in [3.63, 3.8) is 0 Å². The van der Waals surface area contributed by atoms with Gasteiger partial charge in [-0.15, -0.1) is 0 Å². The first-order valence-electron chi connectivity index (χ1n) is 7.97. The lowest BCUT2D eigenvalue weighted by Crippen LogP contribution is -2.31. The predicted octanol–water partition coefficient (Wildman–Crippen LogP) is 3.18. The number of hydrogen-bond donors (Lipinski definition) is 1. The molecule has 0 aliphatic carbocycles. The Bertz CT molecular complexity index is 624. The monoisotopic (exact) mass is 297 g/mol. The van der Waals surface area contributed by atoms with Crippen LogP contribution in [0.2, 0.25) is 0 Å². The third-order valence-corrected chi connectivity index (χ3v) is 4.41. The Morgan fingerprint density at radius 2 is 1.91 bits per heavy atom. The fourth-order valence-corrected chi connectivity index (χ4v) is 3.28. The number of rotatable bonds is 4. The van der Waals surface area contributed by atoms with Crippen LogP contribution in [0.3, 0.4) is 0 Å². The Hall–Kier alpha value is -1.78. The van der Waals surface area contributed by atoms with Crippen LogP contribution >= 0.6 is 0 Å². The Kier molecular flexibility index (Phi) is 4.50. The summed E-state index contributed by atoms with van der Waals surface area (Å²) in [5, 5.41) is 9.19. The van der Waals surface area contributed by atoms with Crippen molar-refractivity contribution >= 4 is 0 Å².